The first-order chi connectivity index (χ1) is 17.0. The van der Waals surface area contributed by atoms with Crippen LogP contribution >= 0.6 is 0 Å². The molecule has 1 N–H and O–H groups in total. The van der Waals surface area contributed by atoms with Crippen molar-refractivity contribution < 1.29 is 9.53 Å². The molecule has 1 aliphatic heterocycles. The quantitative estimate of drug-likeness (QED) is 0.527. The summed E-state index contributed by atoms with van der Waals surface area (Å²) in [5.41, 5.74) is 3.90. The van der Waals surface area contributed by atoms with E-state index in [4.69, 9.17) is 14.7 Å². The van der Waals surface area contributed by atoms with Gasteiger partial charge in [0.05, 0.1) is 19.2 Å². The summed E-state index contributed by atoms with van der Waals surface area (Å²) in [5.74, 6) is 1.25. The number of nitrogens with zero attached hydrogens (tertiary/aromatic N) is 4. The molecule has 7 heteroatoms. The Bertz CT molecular complexity index is 1160. The topological polar surface area (TPSA) is 70.6 Å². The number of ether oxygens (including phenoxy) is 1. The van der Waals surface area contributed by atoms with Crippen LogP contribution in [0.15, 0.2) is 48.5 Å². The average Bonchev–Trinajstić information content (AvgIpc) is 3.31. The van der Waals surface area contributed by atoms with E-state index >= 15 is 0 Å². The van der Waals surface area contributed by atoms with Gasteiger partial charge in [0.1, 0.15) is 17.7 Å². The van der Waals surface area contributed by atoms with Gasteiger partial charge in [0.2, 0.25) is 0 Å². The van der Waals surface area contributed by atoms with Crippen molar-refractivity contribution in [1.29, 1.82) is 0 Å². The van der Waals surface area contributed by atoms with Gasteiger partial charge in [-0.15, -0.1) is 0 Å². The summed E-state index contributed by atoms with van der Waals surface area (Å²) in [6.07, 6.45) is 2.33. The largest absolute Gasteiger partial charge is 0.467 e. The summed E-state index contributed by atoms with van der Waals surface area (Å²) in [7, 11) is 1.42. The number of carbonyl (C=O) groups excluding carboxylic acids is 1. The lowest BCUT2D eigenvalue weighted by molar-refractivity contribution is -0.142. The molecule has 1 aliphatic carbocycles. The molecule has 5 rings (SSSR count). The van der Waals surface area contributed by atoms with Crippen LogP contribution < -0.4 is 5.32 Å². The van der Waals surface area contributed by atoms with Crippen molar-refractivity contribution in [2.75, 3.05) is 38.6 Å². The molecule has 1 atom stereocenters. The van der Waals surface area contributed by atoms with Crippen LogP contribution in [0.4, 0.5) is 5.82 Å². The highest BCUT2D eigenvalue weighted by Gasteiger charge is 2.29. The lowest BCUT2D eigenvalue weighted by Gasteiger charge is -2.37. The minimum absolute atomic E-state index is 0.0643. The molecule has 0 spiro atoms. The van der Waals surface area contributed by atoms with Crippen LogP contribution in [0.3, 0.4) is 0 Å². The molecule has 2 aliphatic rings. The van der Waals surface area contributed by atoms with Crippen LogP contribution in [-0.2, 0) is 28.9 Å². The number of aromatic nitrogens is 2. The molecule has 0 unspecified atom stereocenters. The molecule has 1 fully saturated rings. The van der Waals surface area contributed by atoms with E-state index in [0.29, 0.717) is 18.4 Å². The number of fused-ring (bicyclic) bond motifs is 2. The number of carbonyl (C=O) groups is 1. The molecule has 0 radical (unpaired) electrons. The molecule has 35 heavy (non-hydrogen) atoms. The molecule has 3 aromatic rings. The van der Waals surface area contributed by atoms with Gasteiger partial charge in [-0.3, -0.25) is 9.80 Å². The second-order valence-electron chi connectivity index (χ2n) is 10.0. The predicted octanol–water partition coefficient (Wildman–Crippen LogP) is 3.52. The summed E-state index contributed by atoms with van der Waals surface area (Å²) in [4.78, 5) is 27.2. The van der Waals surface area contributed by atoms with E-state index in [-0.39, 0.29) is 11.9 Å². The van der Waals surface area contributed by atoms with Crippen molar-refractivity contribution in [2.45, 2.75) is 45.3 Å². The molecule has 0 saturated carbocycles. The maximum Gasteiger partial charge on any atom is 0.328 e. The van der Waals surface area contributed by atoms with Crippen LogP contribution in [0.1, 0.15) is 30.8 Å². The third-order valence-electron chi connectivity index (χ3n) is 7.38. The van der Waals surface area contributed by atoms with Gasteiger partial charge in [0, 0.05) is 37.6 Å². The Hall–Kier alpha value is -3.03. The monoisotopic (exact) mass is 473 g/mol. The normalized spacial score (nSPS) is 18.1. The van der Waals surface area contributed by atoms with E-state index in [9.17, 15) is 4.79 Å². The maximum atomic E-state index is 12.4. The summed E-state index contributed by atoms with van der Waals surface area (Å²) in [6.45, 7) is 8.83. The number of para-hydroxylation sites is 1. The Labute approximate surface area is 207 Å². The highest BCUT2D eigenvalue weighted by atomic mass is 16.5. The van der Waals surface area contributed by atoms with Gasteiger partial charge in [-0.25, -0.2) is 14.8 Å². The zero-order valence-electron chi connectivity index (χ0n) is 20.9. The molecular formula is C28H35N5O2. The average molecular weight is 474 g/mol. The fourth-order valence-corrected chi connectivity index (χ4v) is 5.36. The van der Waals surface area contributed by atoms with Gasteiger partial charge >= 0.3 is 5.97 Å². The Morgan fingerprint density at radius 3 is 2.31 bits per heavy atom. The van der Waals surface area contributed by atoms with Crippen LogP contribution in [0.5, 0.6) is 0 Å². The first kappa shape index (κ1) is 23.7. The van der Waals surface area contributed by atoms with Crippen molar-refractivity contribution in [3.63, 3.8) is 0 Å². The fraction of sp³-hybridized carbons (Fsp3) is 0.464. The second kappa shape index (κ2) is 10.3. The second-order valence-corrected chi connectivity index (χ2v) is 10.0. The van der Waals surface area contributed by atoms with Gasteiger partial charge < -0.3 is 10.1 Å². The summed E-state index contributed by atoms with van der Waals surface area (Å²) in [6, 6.07) is 17.0. The maximum absolute atomic E-state index is 12.4. The standard InChI is InChI=1S/C28H35N5O2/c1-19(2)26(28(34)35-3)31-27-23-10-6-7-11-24(23)29-25(30-27)18-32-12-14-33(15-13-32)22-16-20-8-4-5-9-21(20)17-22/h4-11,19,22,26H,12-18H2,1-3H3,(H,29,30,31)/t26-/m0/s1. The number of anilines is 1. The lowest BCUT2D eigenvalue weighted by Crippen LogP contribution is -2.50. The fourth-order valence-electron chi connectivity index (χ4n) is 5.36. The van der Waals surface area contributed by atoms with Crippen LogP contribution in [0.2, 0.25) is 0 Å². The van der Waals surface area contributed by atoms with Gasteiger partial charge in [0.15, 0.2) is 0 Å². The first-order valence-electron chi connectivity index (χ1n) is 12.6. The molecule has 7 nitrogen and oxygen atoms in total. The van der Waals surface area contributed by atoms with Crippen molar-refractivity contribution in [3.8, 4) is 0 Å². The van der Waals surface area contributed by atoms with E-state index in [0.717, 1.165) is 55.7 Å². The van der Waals surface area contributed by atoms with Crippen LogP contribution in [0.25, 0.3) is 10.9 Å². The van der Waals surface area contributed by atoms with E-state index < -0.39 is 6.04 Å². The minimum atomic E-state index is -0.467. The number of rotatable bonds is 7. The number of methoxy groups -OCH3 is 1. The zero-order chi connectivity index (χ0) is 24.4. The molecular weight excluding hydrogens is 438 g/mol. The molecule has 2 aromatic carbocycles. The summed E-state index contributed by atoms with van der Waals surface area (Å²) >= 11 is 0. The van der Waals surface area contributed by atoms with Crippen molar-refractivity contribution >= 4 is 22.7 Å². The smallest absolute Gasteiger partial charge is 0.328 e. The molecule has 2 heterocycles. The Kier molecular flexibility index (Phi) is 6.97. The van der Waals surface area contributed by atoms with Crippen molar-refractivity contribution in [1.82, 2.24) is 19.8 Å². The molecule has 184 valence electrons. The Morgan fingerprint density at radius 1 is 1.00 bits per heavy atom. The van der Waals surface area contributed by atoms with Gasteiger partial charge in [-0.05, 0) is 42.0 Å². The van der Waals surface area contributed by atoms with Crippen LogP contribution in [0, 0.1) is 5.92 Å². The number of piperazine rings is 1. The van der Waals surface area contributed by atoms with Gasteiger partial charge in [-0.2, -0.15) is 0 Å². The predicted molar refractivity (Wildman–Crippen MR) is 138 cm³/mol. The van der Waals surface area contributed by atoms with E-state index in [1.807, 2.05) is 38.1 Å². The van der Waals surface area contributed by atoms with Crippen molar-refractivity contribution in [2.24, 2.45) is 5.92 Å². The molecule has 0 bridgehead atoms. The molecule has 0 amide bonds. The SMILES string of the molecule is COC(=O)[C@@H](Nc1nc(CN2CCN(C3Cc4ccccc4C3)CC2)nc2ccccc12)C(C)C. The third-order valence-corrected chi connectivity index (χ3v) is 7.38. The highest BCUT2D eigenvalue weighted by molar-refractivity contribution is 5.91. The number of hydrogen-bond donors (Lipinski definition) is 1. The lowest BCUT2D eigenvalue weighted by atomic mass is 10.0. The third kappa shape index (κ3) is 5.16. The van der Waals surface area contributed by atoms with Crippen molar-refractivity contribution in [3.05, 3.63) is 65.5 Å². The number of benzene rings is 2. The first-order valence-corrected chi connectivity index (χ1v) is 12.6. The highest BCUT2D eigenvalue weighted by Crippen LogP contribution is 2.27. The van der Waals surface area contributed by atoms with E-state index in [1.165, 1.54) is 18.2 Å². The number of nitrogens with one attached hydrogen (secondary N) is 1. The minimum Gasteiger partial charge on any atom is -0.467 e. The summed E-state index contributed by atoms with van der Waals surface area (Å²) < 4.78 is 5.02. The molecule has 1 aromatic heterocycles. The van der Waals surface area contributed by atoms with E-state index in [1.54, 1.807) is 0 Å². The zero-order valence-corrected chi connectivity index (χ0v) is 20.9. The van der Waals surface area contributed by atoms with Gasteiger partial charge in [0.25, 0.3) is 0 Å². The number of hydrogen-bond acceptors (Lipinski definition) is 7. The molecule has 1 saturated heterocycles. The van der Waals surface area contributed by atoms with E-state index in [2.05, 4.69) is 39.4 Å². The summed E-state index contributed by atoms with van der Waals surface area (Å²) in [5, 5.41) is 4.26. The number of esters is 1. The van der Waals surface area contributed by atoms with Crippen LogP contribution in [-0.4, -0.2) is 71.1 Å². The van der Waals surface area contributed by atoms with Gasteiger partial charge in [-0.1, -0.05) is 50.2 Å². The Morgan fingerprint density at radius 2 is 1.66 bits per heavy atom. The Balaban J connectivity index is 1.27.